The second-order valence-electron chi connectivity index (χ2n) is 5.52. The SMILES string of the molecule is Cc1c(C(=O)O)ccc(-c2ccc(N)c3ccccc23)c1C(=O)O. The van der Waals surface area contributed by atoms with Crippen molar-refractivity contribution in [2.45, 2.75) is 6.92 Å². The minimum atomic E-state index is -1.16. The summed E-state index contributed by atoms with van der Waals surface area (Å²) < 4.78 is 0. The van der Waals surface area contributed by atoms with E-state index in [0.717, 1.165) is 10.8 Å². The molecule has 5 heteroatoms. The first-order valence-corrected chi connectivity index (χ1v) is 7.29. The van der Waals surface area contributed by atoms with Crippen LogP contribution >= 0.6 is 0 Å². The first kappa shape index (κ1) is 15.6. The van der Waals surface area contributed by atoms with E-state index >= 15 is 0 Å². The first-order chi connectivity index (χ1) is 11.4. The Labute approximate surface area is 138 Å². The summed E-state index contributed by atoms with van der Waals surface area (Å²) in [5.74, 6) is -2.31. The zero-order chi connectivity index (χ0) is 17.4. The number of fused-ring (bicyclic) bond motifs is 1. The van der Waals surface area contributed by atoms with Crippen LogP contribution < -0.4 is 5.73 Å². The van der Waals surface area contributed by atoms with Gasteiger partial charge in [0.05, 0.1) is 11.1 Å². The Hall–Kier alpha value is -3.34. The van der Waals surface area contributed by atoms with Gasteiger partial charge in [-0.2, -0.15) is 0 Å². The molecule has 0 radical (unpaired) electrons. The lowest BCUT2D eigenvalue weighted by atomic mass is 9.89. The molecule has 0 spiro atoms. The van der Waals surface area contributed by atoms with E-state index in [4.69, 9.17) is 5.73 Å². The molecule has 3 aromatic rings. The van der Waals surface area contributed by atoms with E-state index in [1.165, 1.54) is 19.1 Å². The van der Waals surface area contributed by atoms with Gasteiger partial charge < -0.3 is 15.9 Å². The number of hydrogen-bond acceptors (Lipinski definition) is 3. The second kappa shape index (κ2) is 5.70. The molecule has 0 saturated carbocycles. The number of carbonyl (C=O) groups is 2. The van der Waals surface area contributed by atoms with E-state index in [1.807, 2.05) is 24.3 Å². The average molecular weight is 321 g/mol. The van der Waals surface area contributed by atoms with Gasteiger partial charge in [-0.25, -0.2) is 9.59 Å². The maximum Gasteiger partial charge on any atom is 0.336 e. The van der Waals surface area contributed by atoms with Crippen molar-refractivity contribution in [3.8, 4) is 11.1 Å². The number of hydrogen-bond donors (Lipinski definition) is 3. The molecule has 0 aliphatic rings. The molecule has 0 atom stereocenters. The highest BCUT2D eigenvalue weighted by atomic mass is 16.4. The zero-order valence-electron chi connectivity index (χ0n) is 12.9. The predicted octanol–water partition coefficient (Wildman–Crippen LogP) is 3.79. The van der Waals surface area contributed by atoms with Crippen molar-refractivity contribution >= 4 is 28.4 Å². The van der Waals surface area contributed by atoms with Crippen LogP contribution in [0.4, 0.5) is 5.69 Å². The Bertz CT molecular complexity index is 992. The molecular formula is C19H15NO4. The van der Waals surface area contributed by atoms with Crippen molar-refractivity contribution in [3.63, 3.8) is 0 Å². The highest BCUT2D eigenvalue weighted by Crippen LogP contribution is 2.35. The van der Waals surface area contributed by atoms with Crippen molar-refractivity contribution < 1.29 is 19.8 Å². The van der Waals surface area contributed by atoms with Crippen LogP contribution in [0, 0.1) is 6.92 Å². The minimum absolute atomic E-state index is 0.00942. The topological polar surface area (TPSA) is 101 Å². The Morgan fingerprint density at radius 1 is 0.833 bits per heavy atom. The number of carboxylic acids is 2. The van der Waals surface area contributed by atoms with Gasteiger partial charge in [0.15, 0.2) is 0 Å². The summed E-state index contributed by atoms with van der Waals surface area (Å²) in [6.07, 6.45) is 0. The summed E-state index contributed by atoms with van der Waals surface area (Å²) in [6, 6.07) is 13.9. The molecule has 24 heavy (non-hydrogen) atoms. The van der Waals surface area contributed by atoms with Gasteiger partial charge in [0.1, 0.15) is 0 Å². The van der Waals surface area contributed by atoms with Crippen LogP contribution in [0.1, 0.15) is 26.3 Å². The molecule has 3 rings (SSSR count). The molecule has 0 aliphatic carbocycles. The molecule has 0 amide bonds. The fourth-order valence-corrected chi connectivity index (χ4v) is 3.00. The Kier molecular flexibility index (Phi) is 3.69. The average Bonchev–Trinajstić information content (AvgIpc) is 2.54. The quantitative estimate of drug-likeness (QED) is 0.637. The van der Waals surface area contributed by atoms with E-state index < -0.39 is 11.9 Å². The number of nitrogens with two attached hydrogens (primary N) is 1. The maximum absolute atomic E-state index is 11.8. The fourth-order valence-electron chi connectivity index (χ4n) is 3.00. The lowest BCUT2D eigenvalue weighted by Crippen LogP contribution is -2.09. The number of carboxylic acid groups (broad SMARTS) is 2. The van der Waals surface area contributed by atoms with Crippen LogP contribution in [0.25, 0.3) is 21.9 Å². The Morgan fingerprint density at radius 2 is 1.46 bits per heavy atom. The third-order valence-corrected chi connectivity index (χ3v) is 4.16. The largest absolute Gasteiger partial charge is 0.478 e. The highest BCUT2D eigenvalue weighted by molar-refractivity contribution is 6.08. The van der Waals surface area contributed by atoms with Gasteiger partial charge in [-0.1, -0.05) is 36.4 Å². The smallest absolute Gasteiger partial charge is 0.336 e. The summed E-state index contributed by atoms with van der Waals surface area (Å²) in [4.78, 5) is 23.1. The molecule has 5 nitrogen and oxygen atoms in total. The lowest BCUT2D eigenvalue weighted by Gasteiger charge is -2.14. The van der Waals surface area contributed by atoms with Crippen LogP contribution in [-0.4, -0.2) is 22.2 Å². The van der Waals surface area contributed by atoms with Gasteiger partial charge >= 0.3 is 11.9 Å². The predicted molar refractivity (Wildman–Crippen MR) is 92.5 cm³/mol. The molecule has 120 valence electrons. The standard InChI is InChI=1S/C19H15NO4/c1-10-11(18(21)22)6-7-15(17(10)19(23)24)13-8-9-16(20)14-5-3-2-4-12(13)14/h2-9H,20H2,1H3,(H,21,22)(H,23,24). The lowest BCUT2D eigenvalue weighted by molar-refractivity contribution is 0.0696. The normalized spacial score (nSPS) is 10.7. The molecule has 0 saturated heterocycles. The van der Waals surface area contributed by atoms with E-state index in [1.54, 1.807) is 12.1 Å². The van der Waals surface area contributed by atoms with Gasteiger partial charge in [-0.3, -0.25) is 0 Å². The summed E-state index contributed by atoms with van der Waals surface area (Å²) in [7, 11) is 0. The molecule has 3 aromatic carbocycles. The summed E-state index contributed by atoms with van der Waals surface area (Å²) >= 11 is 0. The number of aromatic carboxylic acids is 2. The molecule has 0 aromatic heterocycles. The zero-order valence-corrected chi connectivity index (χ0v) is 12.9. The monoisotopic (exact) mass is 321 g/mol. The Balaban J connectivity index is 2.40. The van der Waals surface area contributed by atoms with Crippen LogP contribution in [0.15, 0.2) is 48.5 Å². The van der Waals surface area contributed by atoms with Crippen LogP contribution in [-0.2, 0) is 0 Å². The second-order valence-corrected chi connectivity index (χ2v) is 5.52. The highest BCUT2D eigenvalue weighted by Gasteiger charge is 2.21. The Morgan fingerprint density at radius 3 is 2.08 bits per heavy atom. The number of benzene rings is 3. The third kappa shape index (κ3) is 2.36. The summed E-state index contributed by atoms with van der Waals surface area (Å²) in [5, 5.41) is 20.5. The number of anilines is 1. The van der Waals surface area contributed by atoms with Crippen molar-refractivity contribution in [2.24, 2.45) is 0 Å². The molecule has 0 heterocycles. The van der Waals surface area contributed by atoms with E-state index in [2.05, 4.69) is 0 Å². The molecule has 0 unspecified atom stereocenters. The molecule has 4 N–H and O–H groups in total. The van der Waals surface area contributed by atoms with Gasteiger partial charge in [-0.05, 0) is 41.1 Å². The van der Waals surface area contributed by atoms with E-state index in [0.29, 0.717) is 16.8 Å². The van der Waals surface area contributed by atoms with E-state index in [-0.39, 0.29) is 16.7 Å². The van der Waals surface area contributed by atoms with Gasteiger partial charge in [0.2, 0.25) is 0 Å². The summed E-state index contributed by atoms with van der Waals surface area (Å²) in [5.41, 5.74) is 7.98. The first-order valence-electron chi connectivity index (χ1n) is 7.29. The molecule has 0 aliphatic heterocycles. The van der Waals surface area contributed by atoms with Crippen LogP contribution in [0.2, 0.25) is 0 Å². The molecule has 0 fully saturated rings. The van der Waals surface area contributed by atoms with Crippen LogP contribution in [0.5, 0.6) is 0 Å². The third-order valence-electron chi connectivity index (χ3n) is 4.16. The number of nitrogen functional groups attached to an aromatic ring is 1. The van der Waals surface area contributed by atoms with Gasteiger partial charge in [0.25, 0.3) is 0 Å². The molecule has 0 bridgehead atoms. The van der Waals surface area contributed by atoms with Crippen molar-refractivity contribution in [1.29, 1.82) is 0 Å². The number of rotatable bonds is 3. The van der Waals surface area contributed by atoms with Crippen molar-refractivity contribution in [3.05, 3.63) is 65.2 Å². The van der Waals surface area contributed by atoms with E-state index in [9.17, 15) is 19.8 Å². The van der Waals surface area contributed by atoms with Gasteiger partial charge in [-0.15, -0.1) is 0 Å². The minimum Gasteiger partial charge on any atom is -0.478 e. The van der Waals surface area contributed by atoms with Crippen molar-refractivity contribution in [1.82, 2.24) is 0 Å². The fraction of sp³-hybridized carbons (Fsp3) is 0.0526. The van der Waals surface area contributed by atoms with Gasteiger partial charge in [0, 0.05) is 11.1 Å². The summed E-state index contributed by atoms with van der Waals surface area (Å²) in [6.45, 7) is 1.51. The van der Waals surface area contributed by atoms with Crippen LogP contribution in [0.3, 0.4) is 0 Å². The molecular weight excluding hydrogens is 306 g/mol. The van der Waals surface area contributed by atoms with Crippen molar-refractivity contribution in [2.75, 3.05) is 5.73 Å². The maximum atomic E-state index is 11.8.